The van der Waals surface area contributed by atoms with Crippen molar-refractivity contribution in [1.29, 1.82) is 0 Å². The maximum absolute atomic E-state index is 10.9. The van der Waals surface area contributed by atoms with E-state index in [1.54, 1.807) is 11.3 Å². The minimum Gasteiger partial charge on any atom is -0.481 e. The van der Waals surface area contributed by atoms with Gasteiger partial charge in [-0.1, -0.05) is 6.07 Å². The molecule has 0 amide bonds. The fourth-order valence-electron chi connectivity index (χ4n) is 2.61. The monoisotopic (exact) mass is 239 g/mol. The van der Waals surface area contributed by atoms with Gasteiger partial charge in [0, 0.05) is 17.3 Å². The predicted molar refractivity (Wildman–Crippen MR) is 64.7 cm³/mol. The molecule has 0 radical (unpaired) electrons. The van der Waals surface area contributed by atoms with Crippen molar-refractivity contribution in [3.05, 3.63) is 22.4 Å². The highest BCUT2D eigenvalue weighted by atomic mass is 32.1. The van der Waals surface area contributed by atoms with Crippen LogP contribution in [0.25, 0.3) is 0 Å². The molecule has 16 heavy (non-hydrogen) atoms. The molecular weight excluding hydrogens is 222 g/mol. The van der Waals surface area contributed by atoms with Crippen molar-refractivity contribution in [2.75, 3.05) is 13.6 Å². The zero-order chi connectivity index (χ0) is 11.5. The van der Waals surface area contributed by atoms with Gasteiger partial charge in [0.05, 0.1) is 0 Å². The summed E-state index contributed by atoms with van der Waals surface area (Å²) >= 11 is 1.73. The second-order valence-corrected chi connectivity index (χ2v) is 5.42. The van der Waals surface area contributed by atoms with Gasteiger partial charge in [-0.05, 0) is 43.8 Å². The molecule has 88 valence electrons. The lowest BCUT2D eigenvalue weighted by Crippen LogP contribution is -2.36. The molecule has 1 aromatic heterocycles. The summed E-state index contributed by atoms with van der Waals surface area (Å²) in [5, 5.41) is 11.0. The summed E-state index contributed by atoms with van der Waals surface area (Å²) in [6.07, 6.45) is 2.42. The minimum absolute atomic E-state index is 0.259. The van der Waals surface area contributed by atoms with Gasteiger partial charge in [-0.3, -0.25) is 9.69 Å². The van der Waals surface area contributed by atoms with E-state index in [2.05, 4.69) is 23.4 Å². The first-order chi connectivity index (χ1) is 7.68. The summed E-state index contributed by atoms with van der Waals surface area (Å²) in [6, 6.07) is 4.46. The molecule has 0 spiro atoms. The lowest BCUT2D eigenvalue weighted by atomic mass is 9.86. The van der Waals surface area contributed by atoms with Gasteiger partial charge in [0.15, 0.2) is 0 Å². The van der Waals surface area contributed by atoms with Crippen LogP contribution in [0.15, 0.2) is 17.5 Å². The summed E-state index contributed by atoms with van der Waals surface area (Å²) in [6.45, 7) is 1.07. The Kier molecular flexibility index (Phi) is 3.61. The van der Waals surface area contributed by atoms with Gasteiger partial charge in [0.2, 0.25) is 0 Å². The van der Waals surface area contributed by atoms with E-state index < -0.39 is 5.97 Å². The van der Waals surface area contributed by atoms with E-state index in [0.29, 0.717) is 6.04 Å². The summed E-state index contributed by atoms with van der Waals surface area (Å²) in [4.78, 5) is 14.5. The molecule has 2 atom stereocenters. The molecule has 1 aliphatic heterocycles. The molecule has 3 nitrogen and oxygen atoms in total. The van der Waals surface area contributed by atoms with Crippen LogP contribution in [0.3, 0.4) is 0 Å². The molecule has 0 bridgehead atoms. The average Bonchev–Trinajstić information content (AvgIpc) is 2.69. The Hall–Kier alpha value is -0.870. The number of piperidine rings is 1. The minimum atomic E-state index is -0.679. The van der Waals surface area contributed by atoms with Crippen LogP contribution in [-0.2, 0) is 4.79 Å². The first-order valence-corrected chi connectivity index (χ1v) is 6.52. The Labute approximate surface area is 99.7 Å². The van der Waals surface area contributed by atoms with Gasteiger partial charge in [-0.2, -0.15) is 0 Å². The SMILES string of the molecule is CN1CCC[C@H](CC(=O)O)[C@H]1c1cccs1. The van der Waals surface area contributed by atoms with E-state index in [1.807, 2.05) is 6.07 Å². The van der Waals surface area contributed by atoms with Crippen LogP contribution in [-0.4, -0.2) is 29.6 Å². The summed E-state index contributed by atoms with van der Waals surface area (Å²) in [5.41, 5.74) is 0. The average molecular weight is 239 g/mol. The van der Waals surface area contributed by atoms with Crippen LogP contribution >= 0.6 is 11.3 Å². The topological polar surface area (TPSA) is 40.5 Å². The zero-order valence-corrected chi connectivity index (χ0v) is 10.2. The zero-order valence-electron chi connectivity index (χ0n) is 9.43. The van der Waals surface area contributed by atoms with Crippen LogP contribution in [0.2, 0.25) is 0 Å². The van der Waals surface area contributed by atoms with Crippen molar-refractivity contribution in [1.82, 2.24) is 4.90 Å². The fourth-order valence-corrected chi connectivity index (χ4v) is 3.59. The van der Waals surface area contributed by atoms with Crippen LogP contribution in [0.4, 0.5) is 0 Å². The molecule has 1 N–H and O–H groups in total. The van der Waals surface area contributed by atoms with Gasteiger partial charge >= 0.3 is 5.97 Å². The van der Waals surface area contributed by atoms with Crippen LogP contribution in [0, 0.1) is 5.92 Å². The number of carboxylic acid groups (broad SMARTS) is 1. The molecule has 2 heterocycles. The van der Waals surface area contributed by atoms with Gasteiger partial charge in [-0.25, -0.2) is 0 Å². The van der Waals surface area contributed by atoms with E-state index in [9.17, 15) is 4.79 Å². The van der Waals surface area contributed by atoms with Crippen molar-refractivity contribution >= 4 is 17.3 Å². The number of carboxylic acids is 1. The molecule has 2 rings (SSSR count). The van der Waals surface area contributed by atoms with E-state index in [1.165, 1.54) is 4.88 Å². The largest absolute Gasteiger partial charge is 0.481 e. The number of likely N-dealkylation sites (tertiary alicyclic amines) is 1. The molecule has 1 saturated heterocycles. The Morgan fingerprint density at radius 3 is 3.12 bits per heavy atom. The summed E-state index contributed by atoms with van der Waals surface area (Å²) in [7, 11) is 2.10. The summed E-state index contributed by atoms with van der Waals surface area (Å²) < 4.78 is 0. The number of aliphatic carboxylic acids is 1. The predicted octanol–water partition coefficient (Wildman–Crippen LogP) is 2.61. The Morgan fingerprint density at radius 1 is 1.69 bits per heavy atom. The van der Waals surface area contributed by atoms with Gasteiger partial charge in [0.1, 0.15) is 0 Å². The summed E-state index contributed by atoms with van der Waals surface area (Å²) in [5.74, 6) is -0.420. The first-order valence-electron chi connectivity index (χ1n) is 5.64. The normalized spacial score (nSPS) is 26.8. The van der Waals surface area contributed by atoms with Crippen molar-refractivity contribution in [3.8, 4) is 0 Å². The molecule has 0 saturated carbocycles. The highest BCUT2D eigenvalue weighted by Crippen LogP contribution is 2.38. The lowest BCUT2D eigenvalue weighted by molar-refractivity contribution is -0.139. The second kappa shape index (κ2) is 4.97. The van der Waals surface area contributed by atoms with Crippen molar-refractivity contribution in [2.45, 2.75) is 25.3 Å². The molecule has 0 aliphatic carbocycles. The molecule has 1 aromatic rings. The third-order valence-electron chi connectivity index (χ3n) is 3.28. The number of thiophene rings is 1. The number of rotatable bonds is 3. The van der Waals surface area contributed by atoms with E-state index in [0.717, 1.165) is 19.4 Å². The van der Waals surface area contributed by atoms with Gasteiger partial charge in [-0.15, -0.1) is 11.3 Å². The lowest BCUT2D eigenvalue weighted by Gasteiger charge is -2.38. The molecule has 4 heteroatoms. The third-order valence-corrected chi connectivity index (χ3v) is 4.22. The smallest absolute Gasteiger partial charge is 0.303 e. The van der Waals surface area contributed by atoms with Gasteiger partial charge < -0.3 is 5.11 Å². The highest BCUT2D eigenvalue weighted by Gasteiger charge is 2.32. The Balaban J connectivity index is 2.17. The standard InChI is InChI=1S/C12H17NO2S/c1-13-6-2-4-9(8-11(14)15)12(13)10-5-3-7-16-10/h3,5,7,9,12H,2,4,6,8H2,1H3,(H,14,15)/t9-,12+/m1/s1. The molecule has 1 aliphatic rings. The van der Waals surface area contributed by atoms with Crippen LogP contribution in [0.1, 0.15) is 30.2 Å². The Bertz CT molecular complexity index is 350. The van der Waals surface area contributed by atoms with Crippen LogP contribution in [0.5, 0.6) is 0 Å². The van der Waals surface area contributed by atoms with Crippen molar-refractivity contribution in [2.24, 2.45) is 5.92 Å². The quantitative estimate of drug-likeness (QED) is 0.881. The maximum Gasteiger partial charge on any atom is 0.303 e. The van der Waals surface area contributed by atoms with Gasteiger partial charge in [0.25, 0.3) is 0 Å². The molecule has 1 fully saturated rings. The van der Waals surface area contributed by atoms with E-state index in [4.69, 9.17) is 5.11 Å². The van der Waals surface area contributed by atoms with E-state index in [-0.39, 0.29) is 12.3 Å². The van der Waals surface area contributed by atoms with Crippen molar-refractivity contribution < 1.29 is 9.90 Å². The maximum atomic E-state index is 10.9. The molecule has 0 unspecified atom stereocenters. The molecular formula is C12H17NO2S. The number of hydrogen-bond acceptors (Lipinski definition) is 3. The first kappa shape index (κ1) is 11.6. The third kappa shape index (κ3) is 2.44. The number of hydrogen-bond donors (Lipinski definition) is 1. The number of carbonyl (C=O) groups is 1. The van der Waals surface area contributed by atoms with Crippen molar-refractivity contribution in [3.63, 3.8) is 0 Å². The number of nitrogens with zero attached hydrogens (tertiary/aromatic N) is 1. The highest BCUT2D eigenvalue weighted by molar-refractivity contribution is 7.10. The fraction of sp³-hybridized carbons (Fsp3) is 0.583. The molecule has 0 aromatic carbocycles. The van der Waals surface area contributed by atoms with E-state index >= 15 is 0 Å². The second-order valence-electron chi connectivity index (χ2n) is 4.44. The van der Waals surface area contributed by atoms with Crippen LogP contribution < -0.4 is 0 Å². The Morgan fingerprint density at radius 2 is 2.50 bits per heavy atom.